The minimum atomic E-state index is -4.46. The predicted octanol–water partition coefficient (Wildman–Crippen LogP) is 0.787. The number of methoxy groups -OCH3 is 1. The number of rotatable bonds is 9. The summed E-state index contributed by atoms with van der Waals surface area (Å²) in [5, 5.41) is 23.6. The first kappa shape index (κ1) is 25.2. The Hall–Kier alpha value is -2.86. The number of aromatic nitrogens is 3. The lowest BCUT2D eigenvalue weighted by molar-refractivity contribution is -0.142. The third-order valence-electron chi connectivity index (χ3n) is 6.20. The van der Waals surface area contributed by atoms with Gasteiger partial charge in [-0.25, -0.2) is 19.6 Å². The lowest BCUT2D eigenvalue weighted by Crippen LogP contribution is -2.38. The Morgan fingerprint density at radius 3 is 2.71 bits per heavy atom. The lowest BCUT2D eigenvalue weighted by Gasteiger charge is -2.22. The molecule has 0 saturated heterocycles. The van der Waals surface area contributed by atoms with Gasteiger partial charge in [0.1, 0.15) is 17.7 Å². The number of aliphatic hydroxyl groups is 2. The third-order valence-corrected chi connectivity index (χ3v) is 7.34. The topological polar surface area (TPSA) is 182 Å². The number of carbonyl (C=O) groups is 1. The summed E-state index contributed by atoms with van der Waals surface area (Å²) in [6.45, 7) is -0.328. The zero-order chi connectivity index (χ0) is 25.2. The van der Waals surface area contributed by atoms with E-state index in [0.29, 0.717) is 11.0 Å². The summed E-state index contributed by atoms with van der Waals surface area (Å²) in [4.78, 5) is 30.8. The molecule has 0 amide bonds. The number of imidazole rings is 1. The number of nitrogen functional groups attached to an aromatic ring is 1. The van der Waals surface area contributed by atoms with Crippen LogP contribution in [0.25, 0.3) is 11.0 Å². The van der Waals surface area contributed by atoms with Crippen molar-refractivity contribution in [1.82, 2.24) is 19.6 Å². The van der Waals surface area contributed by atoms with E-state index in [2.05, 4.69) is 15.1 Å². The number of hydrogen-bond acceptors (Lipinski definition) is 9. The van der Waals surface area contributed by atoms with Gasteiger partial charge in [-0.2, -0.15) is 0 Å². The van der Waals surface area contributed by atoms with E-state index in [-0.39, 0.29) is 25.3 Å². The summed E-state index contributed by atoms with van der Waals surface area (Å²) < 4.78 is 24.4. The molecule has 1 aliphatic rings. The number of fused-ring (bicyclic) bond motifs is 1. The molecule has 2 aromatic heterocycles. The SMILES string of the molecule is COC(=O)[C@H](Cc1ccccc1)NP(=O)(O)OC[C@H]1C[C@@H](n2cnc3c(N)nccc32)[C@H](O)[C@@H]1O. The van der Waals surface area contributed by atoms with E-state index in [1.165, 1.54) is 19.6 Å². The number of ether oxygens (including phenoxy) is 1. The summed E-state index contributed by atoms with van der Waals surface area (Å²) in [6.07, 6.45) is 1.02. The van der Waals surface area contributed by atoms with Crippen LogP contribution in [0.2, 0.25) is 0 Å². The molecule has 12 nitrogen and oxygen atoms in total. The van der Waals surface area contributed by atoms with Crippen molar-refractivity contribution in [1.29, 1.82) is 0 Å². The summed E-state index contributed by atoms with van der Waals surface area (Å²) in [5.41, 5.74) is 7.74. The monoisotopic (exact) mass is 505 g/mol. The molecule has 1 saturated carbocycles. The van der Waals surface area contributed by atoms with Gasteiger partial charge < -0.3 is 30.1 Å². The third kappa shape index (κ3) is 5.53. The van der Waals surface area contributed by atoms with Crippen LogP contribution in [0.1, 0.15) is 18.0 Å². The average molecular weight is 505 g/mol. The Labute approximate surface area is 201 Å². The molecule has 6 atom stereocenters. The Kier molecular flexibility index (Phi) is 7.50. The average Bonchev–Trinajstić information content (AvgIpc) is 3.39. The van der Waals surface area contributed by atoms with Crippen molar-refractivity contribution in [2.24, 2.45) is 5.92 Å². The normalized spacial score (nSPS) is 24.8. The maximum absolute atomic E-state index is 12.7. The van der Waals surface area contributed by atoms with Gasteiger partial charge in [-0.1, -0.05) is 30.3 Å². The van der Waals surface area contributed by atoms with Gasteiger partial charge in [0.2, 0.25) is 0 Å². The lowest BCUT2D eigenvalue weighted by atomic mass is 10.1. The number of nitrogens with one attached hydrogen (secondary N) is 1. The molecule has 1 aromatic carbocycles. The zero-order valence-corrected chi connectivity index (χ0v) is 19.9. The second kappa shape index (κ2) is 10.4. The van der Waals surface area contributed by atoms with Gasteiger partial charge in [-0.15, -0.1) is 0 Å². The summed E-state index contributed by atoms with van der Waals surface area (Å²) >= 11 is 0. The van der Waals surface area contributed by atoms with Gasteiger partial charge in [0.25, 0.3) is 0 Å². The molecule has 188 valence electrons. The molecule has 0 spiro atoms. The van der Waals surface area contributed by atoms with Crippen LogP contribution in [-0.2, 0) is 25.0 Å². The van der Waals surface area contributed by atoms with Crippen molar-refractivity contribution in [2.75, 3.05) is 19.5 Å². The van der Waals surface area contributed by atoms with E-state index in [1.807, 2.05) is 6.07 Å². The fourth-order valence-corrected chi connectivity index (χ4v) is 5.45. The van der Waals surface area contributed by atoms with E-state index in [0.717, 1.165) is 5.56 Å². The number of aliphatic hydroxyl groups excluding tert-OH is 2. The van der Waals surface area contributed by atoms with Crippen LogP contribution in [0.4, 0.5) is 5.82 Å². The number of carbonyl (C=O) groups excluding carboxylic acids is 1. The maximum Gasteiger partial charge on any atom is 0.403 e. The molecular formula is C22H28N5O7P. The second-order valence-corrected chi connectivity index (χ2v) is 10.0. The molecule has 6 N–H and O–H groups in total. The molecule has 2 heterocycles. The highest BCUT2D eigenvalue weighted by Crippen LogP contribution is 2.43. The Morgan fingerprint density at radius 2 is 2.00 bits per heavy atom. The fraction of sp³-hybridized carbons (Fsp3) is 0.409. The van der Waals surface area contributed by atoms with Crippen LogP contribution in [0.3, 0.4) is 0 Å². The van der Waals surface area contributed by atoms with Crippen molar-refractivity contribution in [3.8, 4) is 0 Å². The van der Waals surface area contributed by atoms with Crippen LogP contribution >= 0.6 is 7.75 Å². The first-order chi connectivity index (χ1) is 16.7. The number of pyridine rings is 1. The fourth-order valence-electron chi connectivity index (χ4n) is 4.39. The highest BCUT2D eigenvalue weighted by atomic mass is 31.2. The van der Waals surface area contributed by atoms with E-state index in [4.69, 9.17) is 15.0 Å². The first-order valence-electron chi connectivity index (χ1n) is 11.0. The van der Waals surface area contributed by atoms with E-state index in [1.54, 1.807) is 34.9 Å². The van der Waals surface area contributed by atoms with Crippen LogP contribution in [0.15, 0.2) is 48.9 Å². The maximum atomic E-state index is 12.7. The van der Waals surface area contributed by atoms with Crippen molar-refractivity contribution in [3.05, 3.63) is 54.5 Å². The molecule has 0 aliphatic heterocycles. The standard InChI is InChI=1S/C22H28N5O7P/c1-33-22(30)15(9-13-5-3-2-4-6-13)26-35(31,32)34-11-14-10-17(20(29)19(14)28)27-12-25-18-16(27)7-8-24-21(18)23/h2-8,12,14-15,17,19-20,28-29H,9-11H2,1H3,(H2,23,24)(H2,26,31,32)/t14-,15+,17-,19-,20+/m1/s1. The van der Waals surface area contributed by atoms with Crippen LogP contribution in [-0.4, -0.2) is 67.6 Å². The molecule has 0 radical (unpaired) electrons. The van der Waals surface area contributed by atoms with Gasteiger partial charge in [0.05, 0.1) is 37.7 Å². The molecule has 0 bridgehead atoms. The number of hydrogen-bond donors (Lipinski definition) is 5. The molecule has 1 aliphatic carbocycles. The summed E-state index contributed by atoms with van der Waals surface area (Å²) in [7, 11) is -3.28. The highest BCUT2D eigenvalue weighted by molar-refractivity contribution is 7.50. The van der Waals surface area contributed by atoms with Gasteiger partial charge in [0, 0.05) is 12.1 Å². The number of nitrogens with zero attached hydrogens (tertiary/aromatic N) is 3. The quantitative estimate of drug-likeness (QED) is 0.205. The zero-order valence-electron chi connectivity index (χ0n) is 19.0. The molecule has 1 fully saturated rings. The minimum Gasteiger partial charge on any atom is -0.468 e. The van der Waals surface area contributed by atoms with E-state index in [9.17, 15) is 24.5 Å². The van der Waals surface area contributed by atoms with Gasteiger partial charge >= 0.3 is 13.7 Å². The summed E-state index contributed by atoms with van der Waals surface area (Å²) in [6, 6.07) is 8.97. The van der Waals surface area contributed by atoms with Crippen molar-refractivity contribution in [2.45, 2.75) is 37.1 Å². The minimum absolute atomic E-state index is 0.111. The van der Waals surface area contributed by atoms with Crippen LogP contribution < -0.4 is 10.8 Å². The van der Waals surface area contributed by atoms with Gasteiger partial charge in [0.15, 0.2) is 5.82 Å². The Morgan fingerprint density at radius 1 is 1.26 bits per heavy atom. The Bertz CT molecular complexity index is 1220. The van der Waals surface area contributed by atoms with Gasteiger partial charge in [-0.3, -0.25) is 9.32 Å². The van der Waals surface area contributed by atoms with Gasteiger partial charge in [-0.05, 0) is 24.5 Å². The predicted molar refractivity (Wildman–Crippen MR) is 126 cm³/mol. The Balaban J connectivity index is 1.42. The molecular weight excluding hydrogens is 477 g/mol. The van der Waals surface area contributed by atoms with Crippen molar-refractivity contribution < 1.29 is 33.7 Å². The second-order valence-electron chi connectivity index (χ2n) is 8.47. The number of nitrogens with two attached hydrogens (primary N) is 1. The van der Waals surface area contributed by atoms with E-state index < -0.39 is 43.9 Å². The van der Waals surface area contributed by atoms with Crippen molar-refractivity contribution >= 4 is 30.6 Å². The molecule has 1 unspecified atom stereocenters. The van der Waals surface area contributed by atoms with Crippen LogP contribution in [0.5, 0.6) is 0 Å². The highest BCUT2D eigenvalue weighted by Gasteiger charge is 2.44. The largest absolute Gasteiger partial charge is 0.468 e. The first-order valence-corrected chi connectivity index (χ1v) is 12.6. The molecule has 4 rings (SSSR count). The molecule has 13 heteroatoms. The van der Waals surface area contributed by atoms with E-state index >= 15 is 0 Å². The summed E-state index contributed by atoms with van der Waals surface area (Å²) in [5.74, 6) is -1.12. The molecule has 3 aromatic rings. The smallest absolute Gasteiger partial charge is 0.403 e. The molecule has 35 heavy (non-hydrogen) atoms. The van der Waals surface area contributed by atoms with Crippen molar-refractivity contribution in [3.63, 3.8) is 0 Å². The number of esters is 1. The van der Waals surface area contributed by atoms with Crippen LogP contribution in [0, 0.1) is 5.92 Å². The number of anilines is 1. The number of benzene rings is 1.